The second-order valence-corrected chi connectivity index (χ2v) is 4.20. The van der Waals surface area contributed by atoms with Crippen LogP contribution in [-0.4, -0.2) is 31.1 Å². The van der Waals surface area contributed by atoms with E-state index in [2.05, 4.69) is 31.1 Å². The van der Waals surface area contributed by atoms with Gasteiger partial charge in [-0.15, -0.1) is 0 Å². The molecule has 1 aromatic rings. The fourth-order valence-electron chi connectivity index (χ4n) is 1.54. The summed E-state index contributed by atoms with van der Waals surface area (Å²) in [6, 6.07) is 7.18. The maximum Gasteiger partial charge on any atom is 0.123 e. The first kappa shape index (κ1) is 13.1. The zero-order valence-electron chi connectivity index (χ0n) is 10.3. The molecule has 90 valence electrons. The molecule has 1 aromatic carbocycles. The summed E-state index contributed by atoms with van der Waals surface area (Å²) in [4.78, 5) is 2.26. The minimum atomic E-state index is -0.174. The zero-order valence-corrected chi connectivity index (χ0v) is 10.3. The molecule has 3 heteroatoms. The van der Waals surface area contributed by atoms with Crippen molar-refractivity contribution in [1.29, 1.82) is 0 Å². The quantitative estimate of drug-likeness (QED) is 0.797. The Labute approximate surface area is 97.5 Å². The van der Waals surface area contributed by atoms with E-state index in [0.29, 0.717) is 6.04 Å². The predicted molar refractivity (Wildman–Crippen MR) is 65.9 cm³/mol. The van der Waals surface area contributed by atoms with Crippen molar-refractivity contribution in [3.8, 4) is 0 Å². The Morgan fingerprint density at radius 3 is 2.50 bits per heavy atom. The summed E-state index contributed by atoms with van der Waals surface area (Å²) >= 11 is 0. The molecule has 0 fully saturated rings. The highest BCUT2D eigenvalue weighted by Crippen LogP contribution is 2.07. The fraction of sp³-hybridized carbons (Fsp3) is 0.538. The molecule has 1 rings (SSSR count). The minimum Gasteiger partial charge on any atom is -0.315 e. The molecule has 0 bridgehead atoms. The second-order valence-electron chi connectivity index (χ2n) is 4.20. The van der Waals surface area contributed by atoms with Crippen molar-refractivity contribution in [2.75, 3.05) is 20.1 Å². The van der Waals surface area contributed by atoms with Crippen molar-refractivity contribution in [3.63, 3.8) is 0 Å². The van der Waals surface area contributed by atoms with Crippen LogP contribution in [0, 0.1) is 5.82 Å². The molecule has 2 nitrogen and oxygen atoms in total. The molecule has 0 aliphatic rings. The van der Waals surface area contributed by atoms with E-state index in [0.717, 1.165) is 25.2 Å². The number of hydrogen-bond donors (Lipinski definition) is 1. The van der Waals surface area contributed by atoms with Gasteiger partial charge in [0.15, 0.2) is 0 Å². The van der Waals surface area contributed by atoms with Crippen LogP contribution in [0.4, 0.5) is 4.39 Å². The number of likely N-dealkylation sites (N-methyl/N-ethyl adjacent to an activating group) is 2. The van der Waals surface area contributed by atoms with Crippen molar-refractivity contribution in [1.82, 2.24) is 10.2 Å². The molecule has 1 unspecified atom stereocenters. The molecule has 0 heterocycles. The van der Waals surface area contributed by atoms with Crippen molar-refractivity contribution >= 4 is 0 Å². The molecule has 0 aromatic heterocycles. The maximum absolute atomic E-state index is 12.7. The Kier molecular flexibility index (Phi) is 5.43. The van der Waals surface area contributed by atoms with E-state index in [1.165, 1.54) is 12.1 Å². The third kappa shape index (κ3) is 4.29. The molecule has 0 amide bonds. The van der Waals surface area contributed by atoms with Gasteiger partial charge < -0.3 is 5.32 Å². The summed E-state index contributed by atoms with van der Waals surface area (Å²) in [5, 5.41) is 3.32. The van der Waals surface area contributed by atoms with Crippen LogP contribution in [0.5, 0.6) is 0 Å². The number of halogens is 1. The van der Waals surface area contributed by atoms with Gasteiger partial charge >= 0.3 is 0 Å². The van der Waals surface area contributed by atoms with E-state index in [-0.39, 0.29) is 5.82 Å². The first-order valence-electron chi connectivity index (χ1n) is 5.79. The van der Waals surface area contributed by atoms with Gasteiger partial charge in [-0.2, -0.15) is 0 Å². The SMILES string of the molecule is CCNCC(C)N(C)Cc1ccc(F)cc1. The predicted octanol–water partition coefficient (Wildman–Crippen LogP) is 2.26. The van der Waals surface area contributed by atoms with E-state index < -0.39 is 0 Å². The molecule has 0 aliphatic heterocycles. The van der Waals surface area contributed by atoms with Gasteiger partial charge in [-0.25, -0.2) is 4.39 Å². The summed E-state index contributed by atoms with van der Waals surface area (Å²) in [7, 11) is 2.09. The third-order valence-corrected chi connectivity index (χ3v) is 2.79. The number of hydrogen-bond acceptors (Lipinski definition) is 2. The van der Waals surface area contributed by atoms with Crippen LogP contribution in [-0.2, 0) is 6.54 Å². The monoisotopic (exact) mass is 224 g/mol. The Morgan fingerprint density at radius 1 is 1.31 bits per heavy atom. The number of benzene rings is 1. The van der Waals surface area contributed by atoms with Crippen molar-refractivity contribution < 1.29 is 4.39 Å². The first-order valence-corrected chi connectivity index (χ1v) is 5.79. The van der Waals surface area contributed by atoms with Gasteiger partial charge in [0, 0.05) is 19.1 Å². The molecule has 16 heavy (non-hydrogen) atoms. The highest BCUT2D eigenvalue weighted by molar-refractivity contribution is 5.15. The Morgan fingerprint density at radius 2 is 1.94 bits per heavy atom. The standard InChI is InChI=1S/C13H21FN2/c1-4-15-9-11(2)16(3)10-12-5-7-13(14)8-6-12/h5-8,11,15H,4,9-10H2,1-3H3. The van der Waals surface area contributed by atoms with Crippen molar-refractivity contribution in [3.05, 3.63) is 35.6 Å². The number of nitrogens with one attached hydrogen (secondary N) is 1. The average molecular weight is 224 g/mol. The van der Waals surface area contributed by atoms with Gasteiger partial charge in [0.1, 0.15) is 5.82 Å². The summed E-state index contributed by atoms with van der Waals surface area (Å²) in [5.74, 6) is -0.174. The minimum absolute atomic E-state index is 0.174. The van der Waals surface area contributed by atoms with Crippen LogP contribution < -0.4 is 5.32 Å². The molecule has 0 saturated heterocycles. The van der Waals surface area contributed by atoms with Crippen LogP contribution in [0.15, 0.2) is 24.3 Å². The topological polar surface area (TPSA) is 15.3 Å². The van der Waals surface area contributed by atoms with E-state index in [9.17, 15) is 4.39 Å². The lowest BCUT2D eigenvalue weighted by atomic mass is 10.2. The van der Waals surface area contributed by atoms with Crippen molar-refractivity contribution in [2.45, 2.75) is 26.4 Å². The summed E-state index contributed by atoms with van der Waals surface area (Å²) in [6.07, 6.45) is 0. The van der Waals surface area contributed by atoms with Gasteiger partial charge in [-0.05, 0) is 38.2 Å². The second kappa shape index (κ2) is 6.61. The molecule has 0 aliphatic carbocycles. The molecular weight excluding hydrogens is 203 g/mol. The third-order valence-electron chi connectivity index (χ3n) is 2.79. The van der Waals surface area contributed by atoms with E-state index in [4.69, 9.17) is 0 Å². The fourth-order valence-corrected chi connectivity index (χ4v) is 1.54. The Bertz CT molecular complexity index is 297. The zero-order chi connectivity index (χ0) is 12.0. The van der Waals surface area contributed by atoms with Gasteiger partial charge in [-0.1, -0.05) is 19.1 Å². The maximum atomic E-state index is 12.7. The van der Waals surface area contributed by atoms with Crippen molar-refractivity contribution in [2.24, 2.45) is 0 Å². The summed E-state index contributed by atoms with van der Waals surface area (Å²) in [5.41, 5.74) is 1.15. The molecule has 1 atom stereocenters. The average Bonchev–Trinajstić information content (AvgIpc) is 2.29. The van der Waals surface area contributed by atoms with Crippen LogP contribution in [0.2, 0.25) is 0 Å². The highest BCUT2D eigenvalue weighted by Gasteiger charge is 2.08. The van der Waals surface area contributed by atoms with Gasteiger partial charge in [0.05, 0.1) is 0 Å². The largest absolute Gasteiger partial charge is 0.315 e. The van der Waals surface area contributed by atoms with Crippen LogP contribution >= 0.6 is 0 Å². The summed E-state index contributed by atoms with van der Waals surface area (Å²) < 4.78 is 12.7. The van der Waals surface area contributed by atoms with E-state index in [1.54, 1.807) is 0 Å². The lowest BCUT2D eigenvalue weighted by Gasteiger charge is -2.24. The Hall–Kier alpha value is -0.930. The molecule has 0 spiro atoms. The van der Waals surface area contributed by atoms with E-state index in [1.807, 2.05) is 12.1 Å². The lowest BCUT2D eigenvalue weighted by molar-refractivity contribution is 0.244. The van der Waals surface area contributed by atoms with Gasteiger partial charge in [0.25, 0.3) is 0 Å². The lowest BCUT2D eigenvalue weighted by Crippen LogP contribution is -2.37. The van der Waals surface area contributed by atoms with E-state index >= 15 is 0 Å². The molecule has 0 radical (unpaired) electrons. The van der Waals surface area contributed by atoms with Gasteiger partial charge in [-0.3, -0.25) is 4.90 Å². The highest BCUT2D eigenvalue weighted by atomic mass is 19.1. The first-order chi connectivity index (χ1) is 7.63. The van der Waals surface area contributed by atoms with Crippen LogP contribution in [0.3, 0.4) is 0 Å². The number of nitrogens with zero attached hydrogens (tertiary/aromatic N) is 1. The normalized spacial score (nSPS) is 13.1. The van der Waals surface area contributed by atoms with Crippen LogP contribution in [0.25, 0.3) is 0 Å². The Balaban J connectivity index is 2.43. The van der Waals surface area contributed by atoms with Gasteiger partial charge in [0.2, 0.25) is 0 Å². The molecule has 0 saturated carbocycles. The smallest absolute Gasteiger partial charge is 0.123 e. The molecular formula is C13H21FN2. The number of rotatable bonds is 6. The molecule has 1 N–H and O–H groups in total. The van der Waals surface area contributed by atoms with Crippen LogP contribution in [0.1, 0.15) is 19.4 Å². The summed E-state index contributed by atoms with van der Waals surface area (Å²) in [6.45, 7) is 7.12.